The fraction of sp³-hybridized carbons (Fsp3) is 0.333. The monoisotopic (exact) mass is 551 g/mol. The number of hydrogen-bond acceptors (Lipinski definition) is 5. The Balaban J connectivity index is 2.00. The quantitative estimate of drug-likeness (QED) is 0.344. The minimum Gasteiger partial charge on any atom is -0.497 e. The van der Waals surface area contributed by atoms with Gasteiger partial charge >= 0.3 is 0 Å². The molecule has 0 aromatic heterocycles. The molecule has 1 atom stereocenters. The highest BCUT2D eigenvalue weighted by atomic mass is 32.2. The number of likely N-dealkylation sites (N-methyl/N-ethyl adjacent to an activating group) is 1. The second kappa shape index (κ2) is 13.8. The lowest BCUT2D eigenvalue weighted by Gasteiger charge is -2.33. The highest BCUT2D eigenvalue weighted by Crippen LogP contribution is 2.26. The minimum absolute atomic E-state index is 0.0725. The third-order valence-electron chi connectivity index (χ3n) is 6.47. The molecule has 0 saturated heterocycles. The molecule has 0 aliphatic carbocycles. The Hall–Kier alpha value is -3.85. The van der Waals surface area contributed by atoms with Crippen molar-refractivity contribution in [2.75, 3.05) is 31.0 Å². The number of carbonyl (C=O) groups excluding carboxylic acids is 2. The molecule has 0 heterocycles. The summed E-state index contributed by atoms with van der Waals surface area (Å²) in [5, 5.41) is 2.81. The number of rotatable bonds is 13. The smallest absolute Gasteiger partial charge is 0.264 e. The molecule has 3 aromatic carbocycles. The van der Waals surface area contributed by atoms with Crippen molar-refractivity contribution >= 4 is 27.5 Å². The van der Waals surface area contributed by atoms with Crippen LogP contribution in [0.1, 0.15) is 31.4 Å². The molecule has 8 nitrogen and oxygen atoms in total. The van der Waals surface area contributed by atoms with Gasteiger partial charge in [-0.15, -0.1) is 0 Å². The number of nitrogens with zero attached hydrogens (tertiary/aromatic N) is 2. The van der Waals surface area contributed by atoms with Crippen molar-refractivity contribution in [3.63, 3.8) is 0 Å². The summed E-state index contributed by atoms with van der Waals surface area (Å²) in [7, 11) is -2.58. The Morgan fingerprint density at radius 2 is 1.56 bits per heavy atom. The molecule has 0 bridgehead atoms. The number of ether oxygens (including phenoxy) is 1. The maximum atomic E-state index is 13.9. The summed E-state index contributed by atoms with van der Waals surface area (Å²) in [5.74, 6) is -0.168. The van der Waals surface area contributed by atoms with Crippen LogP contribution in [0.25, 0.3) is 0 Å². The molecule has 0 saturated carbocycles. The maximum absolute atomic E-state index is 13.9. The molecule has 9 heteroatoms. The molecule has 0 aliphatic rings. The third-order valence-corrected chi connectivity index (χ3v) is 8.26. The number of amides is 2. The summed E-state index contributed by atoms with van der Waals surface area (Å²) in [6, 6.07) is 21.9. The first-order valence-corrected chi connectivity index (χ1v) is 14.5. The van der Waals surface area contributed by atoms with Gasteiger partial charge in [-0.1, -0.05) is 55.0 Å². The average molecular weight is 552 g/mol. The first kappa shape index (κ1) is 29.7. The van der Waals surface area contributed by atoms with Crippen LogP contribution in [-0.4, -0.2) is 57.9 Å². The van der Waals surface area contributed by atoms with Gasteiger partial charge in [0.2, 0.25) is 11.8 Å². The lowest BCUT2D eigenvalue weighted by Crippen LogP contribution is -2.53. The van der Waals surface area contributed by atoms with E-state index in [2.05, 4.69) is 5.32 Å². The van der Waals surface area contributed by atoms with E-state index < -0.39 is 28.5 Å². The predicted octanol–water partition coefficient (Wildman–Crippen LogP) is 4.18. The van der Waals surface area contributed by atoms with Crippen molar-refractivity contribution in [1.29, 1.82) is 0 Å². The van der Waals surface area contributed by atoms with Gasteiger partial charge in [0.1, 0.15) is 18.3 Å². The average Bonchev–Trinajstić information content (AvgIpc) is 2.94. The number of methoxy groups -OCH3 is 1. The second-order valence-corrected chi connectivity index (χ2v) is 11.0. The Labute approximate surface area is 231 Å². The molecule has 0 spiro atoms. The molecule has 3 aromatic rings. The van der Waals surface area contributed by atoms with E-state index >= 15 is 0 Å². The predicted molar refractivity (Wildman–Crippen MR) is 153 cm³/mol. The summed E-state index contributed by atoms with van der Waals surface area (Å²) in [4.78, 5) is 28.5. The normalized spacial score (nSPS) is 11.9. The standard InChI is InChI=1S/C30H37N3O5S/c1-5-28(30(35)31-6-2)32(21-20-24-10-8-7-9-11-24)29(34)22-33(25-14-16-26(38-4)17-15-25)39(36,37)27-18-12-23(3)13-19-27/h7-19,28H,5-6,20-22H2,1-4H3,(H,31,35)/t28-/m1/s1. The molecular formula is C30H37N3O5S. The van der Waals surface area contributed by atoms with E-state index in [9.17, 15) is 18.0 Å². The van der Waals surface area contributed by atoms with Gasteiger partial charge in [0.25, 0.3) is 10.0 Å². The Kier molecular flexibility index (Phi) is 10.5. The molecule has 1 N–H and O–H groups in total. The highest BCUT2D eigenvalue weighted by molar-refractivity contribution is 7.92. The minimum atomic E-state index is -4.10. The fourth-order valence-corrected chi connectivity index (χ4v) is 5.72. The number of aryl methyl sites for hydroxylation is 1. The Morgan fingerprint density at radius 1 is 0.923 bits per heavy atom. The van der Waals surface area contributed by atoms with Gasteiger partial charge in [-0.3, -0.25) is 13.9 Å². The van der Waals surface area contributed by atoms with Crippen LogP contribution in [-0.2, 0) is 26.0 Å². The zero-order valence-electron chi connectivity index (χ0n) is 23.0. The first-order valence-electron chi connectivity index (χ1n) is 13.1. The summed E-state index contributed by atoms with van der Waals surface area (Å²) < 4.78 is 34.0. The summed E-state index contributed by atoms with van der Waals surface area (Å²) >= 11 is 0. The van der Waals surface area contributed by atoms with E-state index in [4.69, 9.17) is 4.74 Å². The first-order chi connectivity index (χ1) is 18.7. The van der Waals surface area contributed by atoms with Crippen LogP contribution in [0.5, 0.6) is 5.75 Å². The van der Waals surface area contributed by atoms with Gasteiger partial charge in [0.15, 0.2) is 0 Å². The molecule has 208 valence electrons. The van der Waals surface area contributed by atoms with Gasteiger partial charge in [0, 0.05) is 13.1 Å². The third kappa shape index (κ3) is 7.60. The zero-order chi connectivity index (χ0) is 28.4. The van der Waals surface area contributed by atoms with E-state index in [1.54, 1.807) is 36.4 Å². The van der Waals surface area contributed by atoms with Crippen LogP contribution >= 0.6 is 0 Å². The van der Waals surface area contributed by atoms with E-state index in [-0.39, 0.29) is 17.3 Å². The van der Waals surface area contributed by atoms with Crippen molar-refractivity contribution in [2.45, 2.75) is 44.6 Å². The number of sulfonamides is 1. The van der Waals surface area contributed by atoms with Crippen LogP contribution in [0.3, 0.4) is 0 Å². The molecule has 39 heavy (non-hydrogen) atoms. The molecule has 2 amide bonds. The van der Waals surface area contributed by atoms with Crippen molar-refractivity contribution in [3.8, 4) is 5.75 Å². The van der Waals surface area contributed by atoms with Crippen LogP contribution in [0.2, 0.25) is 0 Å². The molecule has 0 radical (unpaired) electrons. The molecule has 3 rings (SSSR count). The van der Waals surface area contributed by atoms with Crippen molar-refractivity contribution in [2.24, 2.45) is 0 Å². The molecule has 0 unspecified atom stereocenters. The molecular weight excluding hydrogens is 514 g/mol. The molecule has 0 aliphatic heterocycles. The van der Waals surface area contributed by atoms with Crippen LogP contribution in [0.4, 0.5) is 5.69 Å². The number of carbonyl (C=O) groups is 2. The van der Waals surface area contributed by atoms with Crippen LogP contribution in [0.15, 0.2) is 83.8 Å². The maximum Gasteiger partial charge on any atom is 0.264 e. The van der Waals surface area contributed by atoms with E-state index in [0.717, 1.165) is 15.4 Å². The Bertz CT molecular complexity index is 1330. The van der Waals surface area contributed by atoms with Crippen LogP contribution < -0.4 is 14.4 Å². The number of anilines is 1. The van der Waals surface area contributed by atoms with Gasteiger partial charge in [-0.05, 0) is 68.7 Å². The summed E-state index contributed by atoms with van der Waals surface area (Å²) in [6.45, 7) is 5.76. The van der Waals surface area contributed by atoms with Gasteiger partial charge < -0.3 is 15.0 Å². The van der Waals surface area contributed by atoms with Crippen molar-refractivity contribution in [1.82, 2.24) is 10.2 Å². The SMILES string of the molecule is CCNC(=O)[C@@H](CC)N(CCc1ccccc1)C(=O)CN(c1ccc(OC)cc1)S(=O)(=O)c1ccc(C)cc1. The lowest BCUT2D eigenvalue weighted by atomic mass is 10.1. The molecule has 0 fully saturated rings. The largest absolute Gasteiger partial charge is 0.497 e. The Morgan fingerprint density at radius 3 is 2.13 bits per heavy atom. The lowest BCUT2D eigenvalue weighted by molar-refractivity contribution is -0.139. The van der Waals surface area contributed by atoms with E-state index in [1.165, 1.54) is 24.1 Å². The van der Waals surface area contributed by atoms with E-state index in [0.29, 0.717) is 30.8 Å². The summed E-state index contributed by atoms with van der Waals surface area (Å²) in [5.41, 5.74) is 2.25. The second-order valence-electron chi connectivity index (χ2n) is 9.16. The highest BCUT2D eigenvalue weighted by Gasteiger charge is 2.33. The van der Waals surface area contributed by atoms with Crippen LogP contribution in [0, 0.1) is 6.92 Å². The fourth-order valence-electron chi connectivity index (χ4n) is 4.30. The topological polar surface area (TPSA) is 96.0 Å². The van der Waals surface area contributed by atoms with Crippen molar-refractivity contribution in [3.05, 3.63) is 90.0 Å². The zero-order valence-corrected chi connectivity index (χ0v) is 23.8. The van der Waals surface area contributed by atoms with Crippen molar-refractivity contribution < 1.29 is 22.7 Å². The number of hydrogen-bond donors (Lipinski definition) is 1. The summed E-state index contributed by atoms with van der Waals surface area (Å²) in [6.07, 6.45) is 0.912. The van der Waals surface area contributed by atoms with E-state index in [1.807, 2.05) is 51.1 Å². The van der Waals surface area contributed by atoms with Gasteiger partial charge in [-0.2, -0.15) is 0 Å². The number of benzene rings is 3. The van der Waals surface area contributed by atoms with Gasteiger partial charge in [-0.25, -0.2) is 8.42 Å². The van der Waals surface area contributed by atoms with Gasteiger partial charge in [0.05, 0.1) is 17.7 Å². The number of nitrogens with one attached hydrogen (secondary N) is 1.